The molecule has 0 amide bonds. The summed E-state index contributed by atoms with van der Waals surface area (Å²) in [4.78, 5) is 0. The standard InChI is InChI=1S/C18H23NO2/c1-13(2)21-18-8-6-5-7-17(18)16-10-9-15(20-4)11-14(16)12-19-3/h5-11,13,19H,12H2,1-4H3. The lowest BCUT2D eigenvalue weighted by Crippen LogP contribution is -2.09. The first-order valence-corrected chi connectivity index (χ1v) is 7.23. The van der Waals surface area contributed by atoms with Crippen LogP contribution in [-0.4, -0.2) is 20.3 Å². The van der Waals surface area contributed by atoms with Crippen molar-refractivity contribution in [2.75, 3.05) is 14.2 Å². The molecule has 0 fully saturated rings. The third-order valence-corrected chi connectivity index (χ3v) is 3.22. The smallest absolute Gasteiger partial charge is 0.127 e. The predicted octanol–water partition coefficient (Wildman–Crippen LogP) is 3.87. The highest BCUT2D eigenvalue weighted by Gasteiger charge is 2.12. The average Bonchev–Trinajstić information content (AvgIpc) is 2.48. The lowest BCUT2D eigenvalue weighted by molar-refractivity contribution is 0.243. The van der Waals surface area contributed by atoms with Gasteiger partial charge in [-0.25, -0.2) is 0 Å². The molecule has 0 spiro atoms. The molecule has 2 aromatic rings. The van der Waals surface area contributed by atoms with Crippen LogP contribution < -0.4 is 14.8 Å². The van der Waals surface area contributed by atoms with Gasteiger partial charge in [-0.2, -0.15) is 0 Å². The highest BCUT2D eigenvalue weighted by molar-refractivity contribution is 5.74. The number of ether oxygens (including phenoxy) is 2. The van der Waals surface area contributed by atoms with Gasteiger partial charge in [0, 0.05) is 12.1 Å². The molecular formula is C18H23NO2. The molecule has 0 heterocycles. The van der Waals surface area contributed by atoms with E-state index in [-0.39, 0.29) is 6.10 Å². The van der Waals surface area contributed by atoms with Crippen LogP contribution >= 0.6 is 0 Å². The molecule has 0 aromatic heterocycles. The monoisotopic (exact) mass is 285 g/mol. The summed E-state index contributed by atoms with van der Waals surface area (Å²) in [7, 11) is 3.63. The van der Waals surface area contributed by atoms with Gasteiger partial charge >= 0.3 is 0 Å². The summed E-state index contributed by atoms with van der Waals surface area (Å²) in [6.07, 6.45) is 0.150. The topological polar surface area (TPSA) is 30.5 Å². The predicted molar refractivity (Wildman–Crippen MR) is 87.0 cm³/mol. The molecule has 0 bridgehead atoms. The summed E-state index contributed by atoms with van der Waals surface area (Å²) < 4.78 is 11.3. The summed E-state index contributed by atoms with van der Waals surface area (Å²) in [5, 5.41) is 3.21. The summed E-state index contributed by atoms with van der Waals surface area (Å²) in [6.45, 7) is 4.86. The van der Waals surface area contributed by atoms with Gasteiger partial charge in [0.2, 0.25) is 0 Å². The Bertz CT molecular complexity index is 594. The lowest BCUT2D eigenvalue weighted by atomic mass is 9.98. The van der Waals surface area contributed by atoms with Gasteiger partial charge < -0.3 is 14.8 Å². The average molecular weight is 285 g/mol. The van der Waals surface area contributed by atoms with E-state index in [1.165, 1.54) is 11.1 Å². The van der Waals surface area contributed by atoms with E-state index in [0.717, 1.165) is 23.6 Å². The Balaban J connectivity index is 2.50. The van der Waals surface area contributed by atoms with Crippen LogP contribution in [0.2, 0.25) is 0 Å². The maximum absolute atomic E-state index is 5.94. The molecular weight excluding hydrogens is 262 g/mol. The molecule has 0 aliphatic carbocycles. The molecule has 0 atom stereocenters. The zero-order valence-corrected chi connectivity index (χ0v) is 13.1. The van der Waals surface area contributed by atoms with E-state index in [4.69, 9.17) is 9.47 Å². The van der Waals surface area contributed by atoms with Crippen LogP contribution in [0.4, 0.5) is 0 Å². The van der Waals surface area contributed by atoms with Crippen molar-refractivity contribution in [3.8, 4) is 22.6 Å². The molecule has 112 valence electrons. The van der Waals surface area contributed by atoms with Crippen molar-refractivity contribution in [3.63, 3.8) is 0 Å². The first kappa shape index (κ1) is 15.4. The van der Waals surface area contributed by atoms with Gasteiger partial charge in [-0.3, -0.25) is 0 Å². The Morgan fingerprint density at radius 2 is 1.81 bits per heavy atom. The molecule has 2 rings (SSSR count). The van der Waals surface area contributed by atoms with Gasteiger partial charge in [-0.15, -0.1) is 0 Å². The molecule has 0 saturated heterocycles. The fourth-order valence-corrected chi connectivity index (χ4v) is 2.34. The number of methoxy groups -OCH3 is 1. The van der Waals surface area contributed by atoms with Crippen molar-refractivity contribution in [2.45, 2.75) is 26.5 Å². The van der Waals surface area contributed by atoms with E-state index in [2.05, 4.69) is 23.5 Å². The third kappa shape index (κ3) is 3.76. The maximum atomic E-state index is 5.94. The highest BCUT2D eigenvalue weighted by atomic mass is 16.5. The zero-order valence-electron chi connectivity index (χ0n) is 13.1. The van der Waals surface area contributed by atoms with Crippen LogP contribution in [0.3, 0.4) is 0 Å². The second-order valence-corrected chi connectivity index (χ2v) is 5.22. The van der Waals surface area contributed by atoms with Crippen molar-refractivity contribution in [3.05, 3.63) is 48.0 Å². The fourth-order valence-electron chi connectivity index (χ4n) is 2.34. The van der Waals surface area contributed by atoms with Crippen LogP contribution in [0.1, 0.15) is 19.4 Å². The number of nitrogens with one attached hydrogen (secondary N) is 1. The van der Waals surface area contributed by atoms with E-state index < -0.39 is 0 Å². The number of rotatable bonds is 6. The molecule has 3 heteroatoms. The van der Waals surface area contributed by atoms with E-state index >= 15 is 0 Å². The molecule has 21 heavy (non-hydrogen) atoms. The SMILES string of the molecule is CNCc1cc(OC)ccc1-c1ccccc1OC(C)C. The minimum Gasteiger partial charge on any atom is -0.497 e. The highest BCUT2D eigenvalue weighted by Crippen LogP contribution is 2.34. The molecule has 1 N–H and O–H groups in total. The van der Waals surface area contributed by atoms with Crippen LogP contribution in [0.5, 0.6) is 11.5 Å². The van der Waals surface area contributed by atoms with Gasteiger partial charge in [-0.1, -0.05) is 24.3 Å². The molecule has 0 aliphatic heterocycles. The van der Waals surface area contributed by atoms with Crippen LogP contribution in [-0.2, 0) is 6.54 Å². The van der Waals surface area contributed by atoms with Gasteiger partial charge in [0.25, 0.3) is 0 Å². The van der Waals surface area contributed by atoms with Gasteiger partial charge in [0.05, 0.1) is 13.2 Å². The lowest BCUT2D eigenvalue weighted by Gasteiger charge is -2.17. The quantitative estimate of drug-likeness (QED) is 0.874. The summed E-state index contributed by atoms with van der Waals surface area (Å²) in [5.41, 5.74) is 3.47. The Hall–Kier alpha value is -2.00. The van der Waals surface area contributed by atoms with Gasteiger partial charge in [0.1, 0.15) is 11.5 Å². The van der Waals surface area contributed by atoms with Crippen LogP contribution in [0.15, 0.2) is 42.5 Å². The minimum atomic E-state index is 0.150. The summed E-state index contributed by atoms with van der Waals surface area (Å²) in [6, 6.07) is 14.3. The normalized spacial score (nSPS) is 10.7. The molecule has 2 aromatic carbocycles. The number of hydrogen-bond donors (Lipinski definition) is 1. The molecule has 0 unspecified atom stereocenters. The first-order chi connectivity index (χ1) is 10.2. The molecule has 0 radical (unpaired) electrons. The van der Waals surface area contributed by atoms with Crippen molar-refractivity contribution < 1.29 is 9.47 Å². The number of benzene rings is 2. The minimum absolute atomic E-state index is 0.150. The van der Waals surface area contributed by atoms with E-state index in [9.17, 15) is 0 Å². The first-order valence-electron chi connectivity index (χ1n) is 7.23. The Kier molecular flexibility index (Phi) is 5.23. The van der Waals surface area contributed by atoms with Crippen molar-refractivity contribution in [2.24, 2.45) is 0 Å². The van der Waals surface area contributed by atoms with Crippen molar-refractivity contribution in [1.82, 2.24) is 5.32 Å². The fraction of sp³-hybridized carbons (Fsp3) is 0.333. The second-order valence-electron chi connectivity index (χ2n) is 5.22. The maximum Gasteiger partial charge on any atom is 0.127 e. The molecule has 0 saturated carbocycles. The summed E-state index contributed by atoms with van der Waals surface area (Å²) >= 11 is 0. The van der Waals surface area contributed by atoms with E-state index in [1.807, 2.05) is 45.2 Å². The Labute approximate surface area is 126 Å². The summed E-state index contributed by atoms with van der Waals surface area (Å²) in [5.74, 6) is 1.78. The van der Waals surface area contributed by atoms with E-state index in [0.29, 0.717) is 0 Å². The Morgan fingerprint density at radius 1 is 1.05 bits per heavy atom. The Morgan fingerprint density at radius 3 is 2.48 bits per heavy atom. The zero-order chi connectivity index (χ0) is 15.2. The molecule has 0 aliphatic rings. The van der Waals surface area contributed by atoms with Gasteiger partial charge in [-0.05, 0) is 50.2 Å². The second kappa shape index (κ2) is 7.14. The van der Waals surface area contributed by atoms with Gasteiger partial charge in [0.15, 0.2) is 0 Å². The third-order valence-electron chi connectivity index (χ3n) is 3.22. The van der Waals surface area contributed by atoms with E-state index in [1.54, 1.807) is 7.11 Å². The molecule has 3 nitrogen and oxygen atoms in total. The largest absolute Gasteiger partial charge is 0.497 e. The van der Waals surface area contributed by atoms with Crippen molar-refractivity contribution >= 4 is 0 Å². The van der Waals surface area contributed by atoms with Crippen molar-refractivity contribution in [1.29, 1.82) is 0 Å². The van der Waals surface area contributed by atoms with Crippen LogP contribution in [0, 0.1) is 0 Å². The number of hydrogen-bond acceptors (Lipinski definition) is 3. The number of para-hydroxylation sites is 1. The van der Waals surface area contributed by atoms with Crippen LogP contribution in [0.25, 0.3) is 11.1 Å².